The lowest BCUT2D eigenvalue weighted by Crippen LogP contribution is -2.39. The van der Waals surface area contributed by atoms with Crippen molar-refractivity contribution < 1.29 is 14.3 Å². The van der Waals surface area contributed by atoms with Crippen LogP contribution in [0.15, 0.2) is 52.7 Å². The molecular weight excluding hydrogens is 316 g/mol. The van der Waals surface area contributed by atoms with Crippen molar-refractivity contribution in [3.05, 3.63) is 70.3 Å². The van der Waals surface area contributed by atoms with Crippen molar-refractivity contribution in [1.29, 1.82) is 0 Å². The molecule has 0 radical (unpaired) electrons. The fraction of sp³-hybridized carbons (Fsp3) is 0.300. The van der Waals surface area contributed by atoms with Gasteiger partial charge in [-0.2, -0.15) is 10.2 Å². The quantitative estimate of drug-likeness (QED) is 0.789. The van der Waals surface area contributed by atoms with Crippen LogP contribution in [0.5, 0.6) is 0 Å². The number of ketones is 1. The second-order valence-electron chi connectivity index (χ2n) is 6.59. The molecule has 0 bridgehead atoms. The smallest absolute Gasteiger partial charge is 0.338 e. The molecule has 0 unspecified atom stereocenters. The molecule has 5 nitrogen and oxygen atoms in total. The fourth-order valence-electron chi connectivity index (χ4n) is 4.05. The van der Waals surface area contributed by atoms with Gasteiger partial charge >= 0.3 is 5.97 Å². The van der Waals surface area contributed by atoms with Gasteiger partial charge in [0.25, 0.3) is 0 Å². The van der Waals surface area contributed by atoms with E-state index < -0.39 is 11.5 Å². The molecule has 2 aromatic rings. The number of hydrogen-bond donors (Lipinski definition) is 0. The first-order valence-electron chi connectivity index (χ1n) is 8.27. The maximum Gasteiger partial charge on any atom is 0.338 e. The van der Waals surface area contributed by atoms with Crippen molar-refractivity contribution in [3.8, 4) is 0 Å². The normalized spacial score (nSPS) is 23.9. The maximum absolute atomic E-state index is 13.2. The molecule has 4 rings (SSSR count). The number of Topliss-reactive ketones (excluding diaryl/α,β-unsaturated/α-hetero) is 1. The first kappa shape index (κ1) is 15.7. The van der Waals surface area contributed by atoms with Gasteiger partial charge in [0.05, 0.1) is 19.2 Å². The Morgan fingerprint density at radius 2 is 2.00 bits per heavy atom. The van der Waals surface area contributed by atoms with E-state index in [-0.39, 0.29) is 11.7 Å². The molecule has 126 valence electrons. The number of benzene rings is 2. The van der Waals surface area contributed by atoms with Crippen molar-refractivity contribution in [2.45, 2.75) is 24.8 Å². The van der Waals surface area contributed by atoms with Gasteiger partial charge in [0.2, 0.25) is 0 Å². The molecule has 5 heteroatoms. The number of ether oxygens (including phenoxy) is 1. The number of hydrogen-bond acceptors (Lipinski definition) is 5. The van der Waals surface area contributed by atoms with Gasteiger partial charge < -0.3 is 4.74 Å². The summed E-state index contributed by atoms with van der Waals surface area (Å²) in [4.78, 5) is 25.5. The molecule has 1 aliphatic heterocycles. The summed E-state index contributed by atoms with van der Waals surface area (Å²) < 4.78 is 4.97. The molecule has 0 aromatic heterocycles. The highest BCUT2D eigenvalue weighted by atomic mass is 16.5. The second kappa shape index (κ2) is 5.62. The number of fused-ring (bicyclic) bond motifs is 1. The second-order valence-corrected chi connectivity index (χ2v) is 6.59. The van der Waals surface area contributed by atoms with E-state index in [2.05, 4.69) is 10.2 Å². The van der Waals surface area contributed by atoms with Crippen molar-refractivity contribution in [1.82, 2.24) is 0 Å². The number of azo groups is 1. The topological polar surface area (TPSA) is 68.1 Å². The third kappa shape index (κ3) is 2.15. The van der Waals surface area contributed by atoms with Crippen LogP contribution in [0, 0.1) is 6.92 Å². The van der Waals surface area contributed by atoms with Crippen molar-refractivity contribution in [2.24, 2.45) is 10.2 Å². The van der Waals surface area contributed by atoms with Crippen LogP contribution >= 0.6 is 0 Å². The Labute approximate surface area is 145 Å². The van der Waals surface area contributed by atoms with E-state index in [1.54, 1.807) is 0 Å². The Morgan fingerprint density at radius 1 is 1.20 bits per heavy atom. The van der Waals surface area contributed by atoms with Gasteiger partial charge in [0.15, 0.2) is 11.3 Å². The van der Waals surface area contributed by atoms with Gasteiger partial charge in [-0.05, 0) is 23.6 Å². The number of aryl methyl sites for hydroxylation is 1. The number of carbonyl (C=O) groups is 2. The summed E-state index contributed by atoms with van der Waals surface area (Å²) in [7, 11) is 1.37. The highest BCUT2D eigenvalue weighted by molar-refractivity contribution is 6.09. The number of nitrogens with zero attached hydrogens (tertiary/aromatic N) is 2. The largest absolute Gasteiger partial charge is 0.465 e. The zero-order chi connectivity index (χ0) is 17.6. The Kier molecular flexibility index (Phi) is 3.53. The van der Waals surface area contributed by atoms with Gasteiger partial charge in [0, 0.05) is 17.9 Å². The van der Waals surface area contributed by atoms with Crippen LogP contribution in [-0.2, 0) is 11.2 Å². The molecule has 2 aliphatic rings. The van der Waals surface area contributed by atoms with E-state index in [0.29, 0.717) is 24.1 Å². The minimum atomic E-state index is -0.944. The minimum Gasteiger partial charge on any atom is -0.465 e. The lowest BCUT2D eigenvalue weighted by molar-refractivity contribution is 0.0596. The summed E-state index contributed by atoms with van der Waals surface area (Å²) >= 11 is 0. The van der Waals surface area contributed by atoms with E-state index in [0.717, 1.165) is 16.7 Å². The lowest BCUT2D eigenvalue weighted by atomic mass is 9.75. The van der Waals surface area contributed by atoms with E-state index in [9.17, 15) is 9.59 Å². The van der Waals surface area contributed by atoms with Crippen LogP contribution < -0.4 is 0 Å². The summed E-state index contributed by atoms with van der Waals surface area (Å²) in [5.74, 6) is -0.661. The van der Waals surface area contributed by atoms with Gasteiger partial charge in [-0.25, -0.2) is 4.79 Å². The third-order valence-electron chi connectivity index (χ3n) is 5.27. The number of esters is 1. The molecule has 0 N–H and O–H groups in total. The molecule has 1 aliphatic carbocycles. The number of rotatable bonds is 2. The molecular formula is C20H18N2O3. The fourth-order valence-corrected chi connectivity index (χ4v) is 4.05. The van der Waals surface area contributed by atoms with Crippen LogP contribution in [0.1, 0.15) is 43.3 Å². The molecule has 2 aromatic carbocycles. The van der Waals surface area contributed by atoms with Crippen molar-refractivity contribution in [3.63, 3.8) is 0 Å². The Bertz CT molecular complexity index is 919. The van der Waals surface area contributed by atoms with Crippen LogP contribution in [0.2, 0.25) is 0 Å². The van der Waals surface area contributed by atoms with Gasteiger partial charge in [-0.3, -0.25) is 4.79 Å². The molecule has 1 heterocycles. The first-order chi connectivity index (χ1) is 12.1. The molecule has 0 fully saturated rings. The third-order valence-corrected chi connectivity index (χ3v) is 5.27. The van der Waals surface area contributed by atoms with E-state index in [4.69, 9.17) is 4.74 Å². The SMILES string of the molecule is COC(=O)c1c(C)cccc1[C@H]1CN=N[C@]12Cc1ccccc1C2=O. The van der Waals surface area contributed by atoms with E-state index >= 15 is 0 Å². The van der Waals surface area contributed by atoms with Crippen molar-refractivity contribution >= 4 is 11.8 Å². The minimum absolute atomic E-state index is 0.00771. The highest BCUT2D eigenvalue weighted by Crippen LogP contribution is 2.47. The molecule has 25 heavy (non-hydrogen) atoms. The van der Waals surface area contributed by atoms with Gasteiger partial charge in [0.1, 0.15) is 0 Å². The first-order valence-corrected chi connectivity index (χ1v) is 8.27. The van der Waals surface area contributed by atoms with E-state index in [1.165, 1.54) is 7.11 Å². The summed E-state index contributed by atoms with van der Waals surface area (Å²) in [5.41, 5.74) is 2.89. The summed E-state index contributed by atoms with van der Waals surface area (Å²) in [6, 6.07) is 13.3. The number of methoxy groups -OCH3 is 1. The van der Waals surface area contributed by atoms with Crippen LogP contribution in [0.4, 0.5) is 0 Å². The Balaban J connectivity index is 1.85. The van der Waals surface area contributed by atoms with Crippen molar-refractivity contribution in [2.75, 3.05) is 13.7 Å². The van der Waals surface area contributed by atoms with Crippen LogP contribution in [-0.4, -0.2) is 30.9 Å². The summed E-state index contributed by atoms with van der Waals surface area (Å²) in [6.45, 7) is 2.27. The predicted octanol–water partition coefficient (Wildman–Crippen LogP) is 3.51. The highest BCUT2D eigenvalue weighted by Gasteiger charge is 2.55. The van der Waals surface area contributed by atoms with Gasteiger partial charge in [-0.1, -0.05) is 42.5 Å². The van der Waals surface area contributed by atoms with Crippen LogP contribution in [0.25, 0.3) is 0 Å². The molecule has 0 amide bonds. The standard InChI is InChI=1S/C20H18N2O3/c1-12-6-5-9-15(17(12)19(24)25-2)16-11-21-22-20(16)10-13-7-3-4-8-14(13)18(20)23/h3-9,16H,10-11H2,1-2H3/t16-,20-/m1/s1. The zero-order valence-electron chi connectivity index (χ0n) is 14.2. The molecule has 2 atom stereocenters. The zero-order valence-corrected chi connectivity index (χ0v) is 14.2. The summed E-state index contributed by atoms with van der Waals surface area (Å²) in [5, 5.41) is 8.62. The monoisotopic (exact) mass is 334 g/mol. The predicted molar refractivity (Wildman–Crippen MR) is 92.2 cm³/mol. The maximum atomic E-state index is 13.2. The van der Waals surface area contributed by atoms with Gasteiger partial charge in [-0.15, -0.1) is 0 Å². The number of carbonyl (C=O) groups excluding carboxylic acids is 2. The average molecular weight is 334 g/mol. The van der Waals surface area contributed by atoms with E-state index in [1.807, 2.05) is 49.4 Å². The molecule has 0 saturated heterocycles. The molecule has 0 saturated carbocycles. The lowest BCUT2D eigenvalue weighted by Gasteiger charge is -2.27. The average Bonchev–Trinajstić information content (AvgIpc) is 3.17. The Morgan fingerprint density at radius 3 is 2.76 bits per heavy atom. The van der Waals surface area contributed by atoms with Crippen LogP contribution in [0.3, 0.4) is 0 Å². The summed E-state index contributed by atoms with van der Waals surface area (Å²) in [6.07, 6.45) is 0.519. The Hall–Kier alpha value is -2.82. The molecule has 1 spiro atoms.